The molecule has 1 fully saturated rings. The van der Waals surface area contributed by atoms with Crippen LogP contribution in [0.1, 0.15) is 12.0 Å². The Morgan fingerprint density at radius 2 is 1.74 bits per heavy atom. The molecule has 2 aromatic carbocycles. The van der Waals surface area contributed by atoms with E-state index in [9.17, 15) is 9.59 Å². The number of morpholine rings is 1. The van der Waals surface area contributed by atoms with Crippen molar-refractivity contribution in [1.29, 1.82) is 0 Å². The van der Waals surface area contributed by atoms with E-state index in [1.54, 1.807) is 18.2 Å². The number of methoxy groups -OCH3 is 2. The van der Waals surface area contributed by atoms with Crippen molar-refractivity contribution in [3.05, 3.63) is 48.0 Å². The minimum absolute atomic E-state index is 0.377. The molecule has 1 aliphatic heterocycles. The van der Waals surface area contributed by atoms with Gasteiger partial charge in [0, 0.05) is 31.4 Å². The number of rotatable bonds is 8. The van der Waals surface area contributed by atoms with E-state index in [1.165, 1.54) is 25.5 Å². The van der Waals surface area contributed by atoms with Crippen LogP contribution in [0.5, 0.6) is 11.5 Å². The van der Waals surface area contributed by atoms with Crippen LogP contribution in [-0.2, 0) is 20.7 Å². The second-order valence-electron chi connectivity index (χ2n) is 7.15. The topological polar surface area (TPSA) is 89.1 Å². The van der Waals surface area contributed by atoms with Gasteiger partial charge in [-0.25, -0.2) is 0 Å². The van der Waals surface area contributed by atoms with E-state index in [2.05, 4.69) is 39.8 Å². The van der Waals surface area contributed by atoms with Gasteiger partial charge in [-0.3, -0.25) is 9.59 Å². The Morgan fingerprint density at radius 1 is 1.00 bits per heavy atom. The van der Waals surface area contributed by atoms with E-state index in [0.717, 1.165) is 39.1 Å². The highest BCUT2D eigenvalue weighted by atomic mass is 16.5. The normalized spacial score (nSPS) is 13.4. The Kier molecular flexibility index (Phi) is 8.12. The lowest BCUT2D eigenvalue weighted by atomic mass is 10.1. The Labute approximate surface area is 182 Å². The SMILES string of the molecule is COc1ccc(OC)c(NC(=O)C(=O)NCCCc2ccc(N3CCOCC3)cc2)c1. The number of hydrogen-bond donors (Lipinski definition) is 2. The maximum absolute atomic E-state index is 12.2. The van der Waals surface area contributed by atoms with Gasteiger partial charge in [-0.1, -0.05) is 12.1 Å². The van der Waals surface area contributed by atoms with Crippen LogP contribution in [0.4, 0.5) is 11.4 Å². The fraction of sp³-hybridized carbons (Fsp3) is 0.391. The minimum Gasteiger partial charge on any atom is -0.497 e. The van der Waals surface area contributed by atoms with Crippen LogP contribution in [0.2, 0.25) is 0 Å². The Balaban J connectivity index is 1.42. The molecule has 1 aliphatic rings. The third-order valence-corrected chi connectivity index (χ3v) is 5.10. The van der Waals surface area contributed by atoms with E-state index in [0.29, 0.717) is 23.7 Å². The molecule has 2 aromatic rings. The molecule has 3 rings (SSSR count). The van der Waals surface area contributed by atoms with Crippen molar-refractivity contribution in [1.82, 2.24) is 5.32 Å². The molecular formula is C23H29N3O5. The highest BCUT2D eigenvalue weighted by Crippen LogP contribution is 2.28. The number of nitrogens with one attached hydrogen (secondary N) is 2. The molecule has 2 N–H and O–H groups in total. The Bertz CT molecular complexity index is 879. The minimum atomic E-state index is -0.749. The van der Waals surface area contributed by atoms with Crippen LogP contribution in [0.15, 0.2) is 42.5 Å². The van der Waals surface area contributed by atoms with Gasteiger partial charge in [0.15, 0.2) is 0 Å². The average molecular weight is 428 g/mol. The van der Waals surface area contributed by atoms with Crippen molar-refractivity contribution < 1.29 is 23.8 Å². The fourth-order valence-electron chi connectivity index (χ4n) is 3.36. The summed E-state index contributed by atoms with van der Waals surface area (Å²) in [5.41, 5.74) is 2.77. The molecule has 166 valence electrons. The molecule has 0 saturated carbocycles. The first-order valence-corrected chi connectivity index (χ1v) is 10.3. The third-order valence-electron chi connectivity index (χ3n) is 5.10. The van der Waals surface area contributed by atoms with Crippen molar-refractivity contribution in [2.45, 2.75) is 12.8 Å². The summed E-state index contributed by atoms with van der Waals surface area (Å²) in [7, 11) is 3.02. The van der Waals surface area contributed by atoms with Crippen molar-refractivity contribution >= 4 is 23.2 Å². The molecule has 0 bridgehead atoms. The second kappa shape index (κ2) is 11.2. The molecule has 0 atom stereocenters. The highest BCUT2D eigenvalue weighted by Gasteiger charge is 2.16. The van der Waals surface area contributed by atoms with E-state index in [-0.39, 0.29) is 0 Å². The number of ether oxygens (including phenoxy) is 3. The lowest BCUT2D eigenvalue weighted by Crippen LogP contribution is -2.36. The van der Waals surface area contributed by atoms with Gasteiger partial charge in [0.2, 0.25) is 0 Å². The largest absolute Gasteiger partial charge is 0.497 e. The van der Waals surface area contributed by atoms with Crippen LogP contribution < -0.4 is 25.0 Å². The van der Waals surface area contributed by atoms with Crippen molar-refractivity contribution in [3.63, 3.8) is 0 Å². The number of benzene rings is 2. The molecule has 8 nitrogen and oxygen atoms in total. The maximum Gasteiger partial charge on any atom is 0.313 e. The Morgan fingerprint density at radius 3 is 2.42 bits per heavy atom. The van der Waals surface area contributed by atoms with Crippen LogP contribution in [-0.4, -0.2) is 58.9 Å². The van der Waals surface area contributed by atoms with Gasteiger partial charge in [-0.2, -0.15) is 0 Å². The van der Waals surface area contributed by atoms with Crippen LogP contribution in [0.3, 0.4) is 0 Å². The Hall–Kier alpha value is -3.26. The van der Waals surface area contributed by atoms with E-state index in [1.807, 2.05) is 0 Å². The van der Waals surface area contributed by atoms with Crippen LogP contribution in [0, 0.1) is 0 Å². The molecule has 8 heteroatoms. The van der Waals surface area contributed by atoms with Crippen LogP contribution >= 0.6 is 0 Å². The first-order valence-electron chi connectivity index (χ1n) is 10.3. The summed E-state index contributed by atoms with van der Waals surface area (Å²) in [4.78, 5) is 26.6. The first kappa shape index (κ1) is 22.4. The highest BCUT2D eigenvalue weighted by molar-refractivity contribution is 6.39. The second-order valence-corrected chi connectivity index (χ2v) is 7.15. The monoisotopic (exact) mass is 427 g/mol. The zero-order valence-corrected chi connectivity index (χ0v) is 18.0. The summed E-state index contributed by atoms with van der Waals surface area (Å²) in [5, 5.41) is 5.22. The molecule has 31 heavy (non-hydrogen) atoms. The molecule has 1 heterocycles. The quantitative estimate of drug-likeness (QED) is 0.496. The smallest absolute Gasteiger partial charge is 0.313 e. The van der Waals surface area contributed by atoms with Gasteiger partial charge >= 0.3 is 11.8 Å². The lowest BCUT2D eigenvalue weighted by molar-refractivity contribution is -0.136. The predicted octanol–water partition coefficient (Wildman–Crippen LogP) is 2.23. The predicted molar refractivity (Wildman–Crippen MR) is 119 cm³/mol. The number of amides is 2. The average Bonchev–Trinajstić information content (AvgIpc) is 2.82. The number of carbonyl (C=O) groups excluding carboxylic acids is 2. The summed E-state index contributed by atoms with van der Waals surface area (Å²) in [6, 6.07) is 13.4. The summed E-state index contributed by atoms with van der Waals surface area (Å²) >= 11 is 0. The molecule has 2 amide bonds. The van der Waals surface area contributed by atoms with E-state index < -0.39 is 11.8 Å². The van der Waals surface area contributed by atoms with E-state index in [4.69, 9.17) is 14.2 Å². The summed E-state index contributed by atoms with van der Waals surface area (Å²) in [6.45, 7) is 3.76. The summed E-state index contributed by atoms with van der Waals surface area (Å²) in [6.07, 6.45) is 1.55. The molecule has 0 aliphatic carbocycles. The van der Waals surface area contributed by atoms with Gasteiger partial charge in [0.25, 0.3) is 0 Å². The maximum atomic E-state index is 12.2. The zero-order chi connectivity index (χ0) is 22.1. The van der Waals surface area contributed by atoms with Crippen molar-refractivity contribution in [3.8, 4) is 11.5 Å². The molecule has 0 unspecified atom stereocenters. The van der Waals surface area contributed by atoms with E-state index >= 15 is 0 Å². The van der Waals surface area contributed by atoms with Crippen LogP contribution in [0.25, 0.3) is 0 Å². The number of carbonyl (C=O) groups is 2. The zero-order valence-electron chi connectivity index (χ0n) is 18.0. The number of hydrogen-bond acceptors (Lipinski definition) is 6. The van der Waals surface area contributed by atoms with Gasteiger partial charge in [0.05, 0.1) is 33.1 Å². The van der Waals surface area contributed by atoms with Gasteiger partial charge in [0.1, 0.15) is 11.5 Å². The van der Waals surface area contributed by atoms with Gasteiger partial charge in [-0.05, 0) is 42.7 Å². The fourth-order valence-corrected chi connectivity index (χ4v) is 3.36. The number of anilines is 2. The molecular weight excluding hydrogens is 398 g/mol. The van der Waals surface area contributed by atoms with Crippen molar-refractivity contribution in [2.24, 2.45) is 0 Å². The van der Waals surface area contributed by atoms with Gasteiger partial charge in [-0.15, -0.1) is 0 Å². The van der Waals surface area contributed by atoms with Crippen molar-refractivity contribution in [2.75, 3.05) is 57.3 Å². The molecule has 0 radical (unpaired) electrons. The molecule has 1 saturated heterocycles. The molecule has 0 spiro atoms. The number of nitrogens with zero attached hydrogens (tertiary/aromatic N) is 1. The standard InChI is InChI=1S/C23H29N3O5/c1-29-19-9-10-21(30-2)20(16-19)25-23(28)22(27)24-11-3-4-17-5-7-18(8-6-17)26-12-14-31-15-13-26/h5-10,16H,3-4,11-15H2,1-2H3,(H,24,27)(H,25,28). The summed E-state index contributed by atoms with van der Waals surface area (Å²) in [5.74, 6) is -0.437. The third kappa shape index (κ3) is 6.36. The number of aryl methyl sites for hydroxylation is 1. The van der Waals surface area contributed by atoms with Gasteiger partial charge < -0.3 is 29.7 Å². The molecule has 0 aromatic heterocycles. The lowest BCUT2D eigenvalue weighted by Gasteiger charge is -2.28. The first-order chi connectivity index (χ1) is 15.1. The summed E-state index contributed by atoms with van der Waals surface area (Å²) < 4.78 is 15.7.